The fourth-order valence-electron chi connectivity index (χ4n) is 6.16. The molecule has 0 radical (unpaired) electrons. The average molecular weight is 591 g/mol. The molecular weight excluding hydrogens is 548 g/mol. The number of carbonyl (C=O) groups excluding carboxylic acids is 3. The van der Waals surface area contributed by atoms with Crippen LogP contribution in [-0.2, 0) is 20.9 Å². The van der Waals surface area contributed by atoms with Crippen molar-refractivity contribution in [1.29, 1.82) is 0 Å². The number of ketones is 1. The highest BCUT2D eigenvalue weighted by Gasteiger charge is 2.47. The van der Waals surface area contributed by atoms with Gasteiger partial charge in [-0.25, -0.2) is 4.68 Å². The number of thioether (sulfide) groups is 1. The molecule has 14 heteroatoms. The van der Waals surface area contributed by atoms with Crippen molar-refractivity contribution < 1.29 is 24.6 Å². The fourth-order valence-corrected chi connectivity index (χ4v) is 7.79. The lowest BCUT2D eigenvalue weighted by Gasteiger charge is -2.43. The topological polar surface area (TPSA) is 166 Å². The van der Waals surface area contributed by atoms with Crippen molar-refractivity contribution in [2.75, 3.05) is 27.7 Å². The highest BCUT2D eigenvalue weighted by atomic mass is 32.2. The van der Waals surface area contributed by atoms with Crippen LogP contribution < -0.4 is 10.6 Å². The molecule has 1 aromatic heterocycles. The van der Waals surface area contributed by atoms with Gasteiger partial charge < -0.3 is 30.6 Å². The van der Waals surface area contributed by atoms with E-state index in [2.05, 4.69) is 45.2 Å². The van der Waals surface area contributed by atoms with Crippen molar-refractivity contribution in [3.05, 3.63) is 28.6 Å². The summed E-state index contributed by atoms with van der Waals surface area (Å²) in [4.78, 5) is 43.4. The van der Waals surface area contributed by atoms with Crippen LogP contribution in [0.4, 0.5) is 0 Å². The molecule has 6 atom stereocenters. The molecule has 1 aromatic rings. The Morgan fingerprint density at radius 2 is 2.10 bits per heavy atom. The zero-order chi connectivity index (χ0) is 30.1. The van der Waals surface area contributed by atoms with Gasteiger partial charge in [0, 0.05) is 41.7 Å². The molecule has 41 heavy (non-hydrogen) atoms. The Morgan fingerprint density at radius 3 is 2.71 bits per heavy atom. The molecule has 0 aromatic carbocycles. The second-order valence-electron chi connectivity index (χ2n) is 11.8. The van der Waals surface area contributed by atoms with Crippen molar-refractivity contribution in [2.24, 2.45) is 11.8 Å². The number of hydrogen-bond donors (Lipinski definition) is 4. The summed E-state index contributed by atoms with van der Waals surface area (Å²) in [6, 6.07) is -0.391. The Kier molecular flexibility index (Phi) is 9.69. The second kappa shape index (κ2) is 12.7. The number of carbonyl (C=O) groups is 3. The standard InChI is InChI=1S/C27H42N8O5S/c1-15-23(16(2)30-22(37)13-35-14-29-31-32-35)26(38)34(6)25(27(3,39)40)24(15)41-19-11-20(28-12-19)21(36)10-17-7-8-18(9-17)33(4)5/h10,14-16,18-20,23,28,39-40H,7-9,11-13H2,1-6H3,(H,30,37)/b17-10-/t15?,16?,18?,19-,20-,23-/m0/s1. The van der Waals surface area contributed by atoms with Crippen LogP contribution in [0.25, 0.3) is 0 Å². The molecule has 13 nitrogen and oxygen atoms in total. The van der Waals surface area contributed by atoms with E-state index in [4.69, 9.17) is 0 Å². The number of tetrazole rings is 1. The van der Waals surface area contributed by atoms with Crippen molar-refractivity contribution in [3.63, 3.8) is 0 Å². The molecule has 3 heterocycles. The van der Waals surface area contributed by atoms with Crippen LogP contribution >= 0.6 is 11.8 Å². The van der Waals surface area contributed by atoms with Crippen LogP contribution in [0.3, 0.4) is 0 Å². The Morgan fingerprint density at radius 1 is 1.37 bits per heavy atom. The van der Waals surface area contributed by atoms with Crippen LogP contribution in [0.5, 0.6) is 0 Å². The number of aromatic nitrogens is 4. The van der Waals surface area contributed by atoms with Gasteiger partial charge in [0.2, 0.25) is 17.6 Å². The van der Waals surface area contributed by atoms with Gasteiger partial charge in [0.15, 0.2) is 5.78 Å². The number of hydrogen-bond acceptors (Lipinski definition) is 11. The summed E-state index contributed by atoms with van der Waals surface area (Å²) in [6.07, 6.45) is 6.63. The summed E-state index contributed by atoms with van der Waals surface area (Å²) in [5.41, 5.74) is 1.31. The molecule has 4 rings (SSSR count). The minimum absolute atomic E-state index is 0.0118. The zero-order valence-corrected chi connectivity index (χ0v) is 25.4. The summed E-state index contributed by atoms with van der Waals surface area (Å²) in [5.74, 6) is -3.91. The minimum atomic E-state index is -2.25. The van der Waals surface area contributed by atoms with E-state index in [1.807, 2.05) is 13.0 Å². The summed E-state index contributed by atoms with van der Waals surface area (Å²) in [5, 5.41) is 38.3. The summed E-state index contributed by atoms with van der Waals surface area (Å²) >= 11 is 1.47. The number of nitrogens with zero attached hydrogens (tertiary/aromatic N) is 6. The molecule has 0 bridgehead atoms. The fraction of sp³-hybridized carbons (Fsp3) is 0.704. The maximum absolute atomic E-state index is 13.5. The van der Waals surface area contributed by atoms with E-state index in [9.17, 15) is 24.6 Å². The first-order chi connectivity index (χ1) is 19.3. The molecule has 2 fully saturated rings. The average Bonchev–Trinajstić information content (AvgIpc) is 3.64. The normalized spacial score (nSPS) is 29.1. The van der Waals surface area contributed by atoms with E-state index in [0.717, 1.165) is 19.3 Å². The second-order valence-corrected chi connectivity index (χ2v) is 13.2. The van der Waals surface area contributed by atoms with Gasteiger partial charge >= 0.3 is 0 Å². The third-order valence-corrected chi connectivity index (χ3v) is 9.82. The maximum Gasteiger partial charge on any atom is 0.242 e. The molecule has 1 saturated carbocycles. The molecule has 1 aliphatic carbocycles. The molecule has 0 spiro atoms. The van der Waals surface area contributed by atoms with E-state index >= 15 is 0 Å². The lowest BCUT2D eigenvalue weighted by Crippen LogP contribution is -2.54. The first-order valence-electron chi connectivity index (χ1n) is 14.0. The number of rotatable bonds is 10. The molecule has 4 N–H and O–H groups in total. The number of likely N-dealkylation sites (N-methyl/N-ethyl adjacent to an activating group) is 1. The van der Waals surface area contributed by atoms with Gasteiger partial charge in [-0.2, -0.15) is 0 Å². The van der Waals surface area contributed by atoms with E-state index in [0.29, 0.717) is 23.9 Å². The van der Waals surface area contributed by atoms with Crippen molar-refractivity contribution in [1.82, 2.24) is 40.6 Å². The van der Waals surface area contributed by atoms with E-state index in [1.54, 1.807) is 6.92 Å². The smallest absolute Gasteiger partial charge is 0.242 e. The highest BCUT2D eigenvalue weighted by Crippen LogP contribution is 2.45. The van der Waals surface area contributed by atoms with E-state index in [1.165, 1.54) is 47.2 Å². The summed E-state index contributed by atoms with van der Waals surface area (Å²) < 4.78 is 1.29. The lowest BCUT2D eigenvalue weighted by atomic mass is 9.82. The van der Waals surface area contributed by atoms with Crippen molar-refractivity contribution in [2.45, 2.75) is 82.2 Å². The Labute approximate surface area is 244 Å². The van der Waals surface area contributed by atoms with Crippen LogP contribution in [0, 0.1) is 11.8 Å². The third kappa shape index (κ3) is 7.23. The Balaban J connectivity index is 1.47. The van der Waals surface area contributed by atoms with Gasteiger partial charge in [0.25, 0.3) is 0 Å². The maximum atomic E-state index is 13.5. The van der Waals surface area contributed by atoms with E-state index in [-0.39, 0.29) is 41.1 Å². The molecule has 3 unspecified atom stereocenters. The third-order valence-electron chi connectivity index (χ3n) is 8.31. The molecule has 2 aliphatic heterocycles. The molecule has 3 aliphatic rings. The Bertz CT molecular complexity index is 1190. The number of nitrogens with one attached hydrogen (secondary N) is 2. The SMILES string of the molecule is CC(NC(=O)Cn1cnnn1)[C@H]1C(=O)N(C)C(C(C)(O)O)=C(S[C@@H]2CN[C@H](C(=O)/C=C3/CCC(N(C)C)C3)C2)C1C. The van der Waals surface area contributed by atoms with Crippen molar-refractivity contribution >= 4 is 29.4 Å². The molecular formula is C27H42N8O5S. The Hall–Kier alpha value is -2.65. The first kappa shape index (κ1) is 31.3. The quantitative estimate of drug-likeness (QED) is 0.212. The highest BCUT2D eigenvalue weighted by molar-refractivity contribution is 8.03. The lowest BCUT2D eigenvalue weighted by molar-refractivity contribution is -0.153. The van der Waals surface area contributed by atoms with E-state index < -0.39 is 23.7 Å². The largest absolute Gasteiger partial charge is 0.361 e. The first-order valence-corrected chi connectivity index (χ1v) is 14.9. The van der Waals surface area contributed by atoms with Gasteiger partial charge in [-0.3, -0.25) is 14.4 Å². The minimum Gasteiger partial charge on any atom is -0.361 e. The van der Waals surface area contributed by atoms with Crippen LogP contribution in [0.2, 0.25) is 0 Å². The van der Waals surface area contributed by atoms with Gasteiger partial charge in [0.1, 0.15) is 12.9 Å². The van der Waals surface area contributed by atoms with Crippen LogP contribution in [0.1, 0.15) is 46.5 Å². The van der Waals surface area contributed by atoms with Gasteiger partial charge in [0.05, 0.1) is 17.7 Å². The van der Waals surface area contributed by atoms with Gasteiger partial charge in [-0.1, -0.05) is 12.5 Å². The van der Waals surface area contributed by atoms with Gasteiger partial charge in [-0.05, 0) is 70.1 Å². The monoisotopic (exact) mass is 590 g/mol. The predicted molar refractivity (Wildman–Crippen MR) is 153 cm³/mol. The summed E-state index contributed by atoms with van der Waals surface area (Å²) in [7, 11) is 5.65. The predicted octanol–water partition coefficient (Wildman–Crippen LogP) is -0.112. The van der Waals surface area contributed by atoms with Gasteiger partial charge in [-0.15, -0.1) is 16.9 Å². The number of aliphatic hydroxyl groups is 2. The summed E-state index contributed by atoms with van der Waals surface area (Å²) in [6.45, 7) is 5.35. The molecule has 2 amide bonds. The number of amides is 2. The van der Waals surface area contributed by atoms with Crippen LogP contribution in [-0.4, -0.2) is 115 Å². The van der Waals surface area contributed by atoms with Crippen molar-refractivity contribution in [3.8, 4) is 0 Å². The zero-order valence-electron chi connectivity index (χ0n) is 24.6. The number of allylic oxidation sites excluding steroid dienone is 1. The van der Waals surface area contributed by atoms with Crippen LogP contribution in [0.15, 0.2) is 28.6 Å². The molecule has 1 saturated heterocycles. The molecule has 226 valence electrons.